The van der Waals surface area contributed by atoms with Gasteiger partial charge in [-0.2, -0.15) is 0 Å². The van der Waals surface area contributed by atoms with Gasteiger partial charge in [0, 0.05) is 11.9 Å². The van der Waals surface area contributed by atoms with Gasteiger partial charge >= 0.3 is 0 Å². The third kappa shape index (κ3) is 8.40. The Morgan fingerprint density at radius 2 is 2.00 bits per heavy atom. The summed E-state index contributed by atoms with van der Waals surface area (Å²) in [5, 5.41) is 0.931. The van der Waals surface area contributed by atoms with Gasteiger partial charge < -0.3 is 9.64 Å². The van der Waals surface area contributed by atoms with E-state index in [1.807, 2.05) is 14.1 Å². The molecule has 9 heavy (non-hydrogen) atoms. The maximum atomic E-state index is 5.21. The molecule has 0 rings (SSSR count). The van der Waals surface area contributed by atoms with Crippen molar-refractivity contribution in [1.82, 2.24) is 4.90 Å². The standard InChI is InChI=1S/C6H14BrNO/c1-8(2)4-6-9-5-3-7/h3-6H2,1-2H3. The summed E-state index contributed by atoms with van der Waals surface area (Å²) in [7, 11) is 4.08. The van der Waals surface area contributed by atoms with Crippen molar-refractivity contribution in [2.45, 2.75) is 0 Å². The first-order chi connectivity index (χ1) is 4.27. The molecule has 0 atom stereocenters. The zero-order valence-electron chi connectivity index (χ0n) is 6.06. The second-order valence-corrected chi connectivity index (χ2v) is 2.90. The molecule has 0 unspecified atom stereocenters. The molecule has 0 aromatic carbocycles. The summed E-state index contributed by atoms with van der Waals surface area (Å²) >= 11 is 3.28. The molecule has 0 radical (unpaired) electrons. The Hall–Kier alpha value is 0.400. The van der Waals surface area contributed by atoms with Crippen molar-refractivity contribution in [3.05, 3.63) is 0 Å². The monoisotopic (exact) mass is 195 g/mol. The Bertz CT molecular complexity index is 59.0. The Balaban J connectivity index is 2.75. The highest BCUT2D eigenvalue weighted by Crippen LogP contribution is 1.82. The van der Waals surface area contributed by atoms with Gasteiger partial charge in [-0.25, -0.2) is 0 Å². The third-order valence-corrected chi connectivity index (χ3v) is 1.23. The van der Waals surface area contributed by atoms with E-state index >= 15 is 0 Å². The minimum atomic E-state index is 0.813. The second kappa shape index (κ2) is 6.52. The number of nitrogens with zero attached hydrogens (tertiary/aromatic N) is 1. The average molecular weight is 196 g/mol. The van der Waals surface area contributed by atoms with Crippen LogP contribution in [0.15, 0.2) is 0 Å². The molecule has 0 aliphatic heterocycles. The molecule has 0 fully saturated rings. The minimum absolute atomic E-state index is 0.813. The van der Waals surface area contributed by atoms with Crippen LogP contribution < -0.4 is 0 Å². The van der Waals surface area contributed by atoms with E-state index in [-0.39, 0.29) is 0 Å². The van der Waals surface area contributed by atoms with E-state index in [0.717, 1.165) is 25.1 Å². The number of alkyl halides is 1. The first-order valence-electron chi connectivity index (χ1n) is 3.06. The topological polar surface area (TPSA) is 12.5 Å². The molecule has 3 heteroatoms. The van der Waals surface area contributed by atoms with Crippen LogP contribution in [0.1, 0.15) is 0 Å². The number of hydrogen-bond donors (Lipinski definition) is 0. The number of rotatable bonds is 5. The van der Waals surface area contributed by atoms with Gasteiger partial charge in [0.15, 0.2) is 0 Å². The van der Waals surface area contributed by atoms with E-state index in [0.29, 0.717) is 0 Å². The zero-order valence-corrected chi connectivity index (χ0v) is 7.65. The fraction of sp³-hybridized carbons (Fsp3) is 1.00. The van der Waals surface area contributed by atoms with Crippen molar-refractivity contribution in [2.75, 3.05) is 39.2 Å². The van der Waals surface area contributed by atoms with Crippen molar-refractivity contribution in [3.8, 4) is 0 Å². The Morgan fingerprint density at radius 1 is 1.33 bits per heavy atom. The smallest absolute Gasteiger partial charge is 0.0593 e. The van der Waals surface area contributed by atoms with E-state index in [1.54, 1.807) is 0 Å². The van der Waals surface area contributed by atoms with Crippen LogP contribution in [0, 0.1) is 0 Å². The Kier molecular flexibility index (Phi) is 6.81. The Labute approximate surface area is 65.3 Å². The number of ether oxygens (including phenoxy) is 1. The summed E-state index contributed by atoms with van der Waals surface area (Å²) < 4.78 is 5.21. The summed E-state index contributed by atoms with van der Waals surface area (Å²) in [5.74, 6) is 0. The van der Waals surface area contributed by atoms with E-state index in [4.69, 9.17) is 4.74 Å². The summed E-state index contributed by atoms with van der Waals surface area (Å²) in [4.78, 5) is 2.11. The van der Waals surface area contributed by atoms with Crippen molar-refractivity contribution in [3.63, 3.8) is 0 Å². The predicted molar refractivity (Wildman–Crippen MR) is 43.2 cm³/mol. The molecule has 0 aliphatic carbocycles. The van der Waals surface area contributed by atoms with E-state index in [1.165, 1.54) is 0 Å². The summed E-state index contributed by atoms with van der Waals surface area (Å²) in [6, 6.07) is 0. The van der Waals surface area contributed by atoms with Crippen molar-refractivity contribution < 1.29 is 4.74 Å². The quantitative estimate of drug-likeness (QED) is 0.479. The molecule has 0 N–H and O–H groups in total. The van der Waals surface area contributed by atoms with Crippen LogP contribution in [0.5, 0.6) is 0 Å². The molecule has 56 valence electrons. The van der Waals surface area contributed by atoms with Crippen LogP contribution in [0.2, 0.25) is 0 Å². The zero-order chi connectivity index (χ0) is 7.11. The molecule has 0 saturated heterocycles. The lowest BCUT2D eigenvalue weighted by Crippen LogP contribution is -2.18. The molecule has 0 aliphatic rings. The maximum absolute atomic E-state index is 5.21. The molecule has 0 heterocycles. The molecule has 0 saturated carbocycles. The van der Waals surface area contributed by atoms with Crippen LogP contribution >= 0.6 is 15.9 Å². The minimum Gasteiger partial charge on any atom is -0.379 e. The van der Waals surface area contributed by atoms with Crippen molar-refractivity contribution in [1.29, 1.82) is 0 Å². The molecule has 0 amide bonds. The van der Waals surface area contributed by atoms with Gasteiger partial charge in [-0.1, -0.05) is 15.9 Å². The first kappa shape index (κ1) is 9.40. The predicted octanol–water partition coefficient (Wildman–Crippen LogP) is 0.959. The second-order valence-electron chi connectivity index (χ2n) is 2.10. The molecular formula is C6H14BrNO. The highest BCUT2D eigenvalue weighted by Gasteiger charge is 1.88. The van der Waals surface area contributed by atoms with E-state index < -0.39 is 0 Å². The van der Waals surface area contributed by atoms with Gasteiger partial charge in [-0.05, 0) is 14.1 Å². The Morgan fingerprint density at radius 3 is 2.44 bits per heavy atom. The highest BCUT2D eigenvalue weighted by molar-refractivity contribution is 9.09. The lowest BCUT2D eigenvalue weighted by atomic mass is 10.6. The van der Waals surface area contributed by atoms with Crippen molar-refractivity contribution in [2.24, 2.45) is 0 Å². The average Bonchev–Trinajstić information content (AvgIpc) is 1.80. The normalized spacial score (nSPS) is 10.7. The lowest BCUT2D eigenvalue weighted by Gasteiger charge is -2.08. The van der Waals surface area contributed by atoms with Crippen LogP contribution in [0.3, 0.4) is 0 Å². The van der Waals surface area contributed by atoms with E-state index in [2.05, 4.69) is 20.8 Å². The van der Waals surface area contributed by atoms with Crippen LogP contribution in [0.25, 0.3) is 0 Å². The van der Waals surface area contributed by atoms with Crippen LogP contribution in [-0.4, -0.2) is 44.1 Å². The fourth-order valence-electron chi connectivity index (χ4n) is 0.404. The van der Waals surface area contributed by atoms with Gasteiger partial charge in [0.2, 0.25) is 0 Å². The summed E-state index contributed by atoms with van der Waals surface area (Å²) in [6.45, 7) is 2.65. The van der Waals surface area contributed by atoms with E-state index in [9.17, 15) is 0 Å². The van der Waals surface area contributed by atoms with Crippen LogP contribution in [-0.2, 0) is 4.74 Å². The number of hydrogen-bond acceptors (Lipinski definition) is 2. The highest BCUT2D eigenvalue weighted by atomic mass is 79.9. The van der Waals surface area contributed by atoms with Gasteiger partial charge in [-0.15, -0.1) is 0 Å². The molecule has 0 aromatic rings. The lowest BCUT2D eigenvalue weighted by molar-refractivity contribution is 0.132. The maximum Gasteiger partial charge on any atom is 0.0593 e. The van der Waals surface area contributed by atoms with Gasteiger partial charge in [0.25, 0.3) is 0 Å². The molecular weight excluding hydrogens is 182 g/mol. The fourth-order valence-corrected chi connectivity index (χ4v) is 0.633. The molecule has 2 nitrogen and oxygen atoms in total. The largest absolute Gasteiger partial charge is 0.379 e. The SMILES string of the molecule is CN(C)CCOCCBr. The molecule has 0 aromatic heterocycles. The van der Waals surface area contributed by atoms with Crippen LogP contribution in [0.4, 0.5) is 0 Å². The van der Waals surface area contributed by atoms with Gasteiger partial charge in [-0.3, -0.25) is 0 Å². The molecule has 0 bridgehead atoms. The summed E-state index contributed by atoms with van der Waals surface area (Å²) in [6.07, 6.45) is 0. The third-order valence-electron chi connectivity index (χ3n) is 0.904. The first-order valence-corrected chi connectivity index (χ1v) is 4.18. The summed E-state index contributed by atoms with van der Waals surface area (Å²) in [5.41, 5.74) is 0. The van der Waals surface area contributed by atoms with Gasteiger partial charge in [0.1, 0.15) is 0 Å². The molecule has 0 spiro atoms. The van der Waals surface area contributed by atoms with Crippen molar-refractivity contribution >= 4 is 15.9 Å². The van der Waals surface area contributed by atoms with Gasteiger partial charge in [0.05, 0.1) is 13.2 Å². The number of halogens is 1. The number of likely N-dealkylation sites (N-methyl/N-ethyl adjacent to an activating group) is 1.